The molecule has 1 heterocycles. The van der Waals surface area contributed by atoms with E-state index in [1.807, 2.05) is 0 Å². The number of aliphatic hydroxyl groups is 2. The number of carboxylic acid groups (broad SMARTS) is 1. The molecule has 9 atom stereocenters. The molecule has 0 bridgehead atoms. The first kappa shape index (κ1) is 57.7. The summed E-state index contributed by atoms with van der Waals surface area (Å²) >= 11 is 0. The number of carboxylic acids is 1. The Kier molecular flexibility index (Phi) is 28.9. The van der Waals surface area contributed by atoms with Crippen LogP contribution in [0.5, 0.6) is 0 Å². The molecule has 1 rings (SSSR count). The Hall–Kier alpha value is -3.27. The number of esters is 1. The van der Waals surface area contributed by atoms with E-state index < -0.39 is 112 Å². The second-order valence-corrected chi connectivity index (χ2v) is 17.8. The molecule has 63 heavy (non-hydrogen) atoms. The van der Waals surface area contributed by atoms with Gasteiger partial charge in [0.25, 0.3) is 0 Å². The van der Waals surface area contributed by atoms with Gasteiger partial charge >= 0.3 is 19.8 Å². The van der Waals surface area contributed by atoms with Crippen molar-refractivity contribution >= 4 is 43.4 Å². The number of aliphatic hydroxyl groups excluding tert-OH is 2. The monoisotopic (exact) mass is 926 g/mol. The number of phosphoric acid groups is 1. The Balaban J connectivity index is 2.63. The van der Waals surface area contributed by atoms with Gasteiger partial charge in [0.1, 0.15) is 37.0 Å². The number of carbonyl (C=O) groups excluding carboxylic acids is 5. The highest BCUT2D eigenvalue weighted by molar-refractivity contribution is 7.47. The Morgan fingerprint density at radius 1 is 0.857 bits per heavy atom. The van der Waals surface area contributed by atoms with Gasteiger partial charge in [-0.15, -0.1) is 0 Å². The van der Waals surface area contributed by atoms with Gasteiger partial charge in [0, 0.05) is 32.9 Å². The van der Waals surface area contributed by atoms with E-state index in [1.165, 1.54) is 58.3 Å². The molecule has 0 spiro atoms. The van der Waals surface area contributed by atoms with Gasteiger partial charge in [-0.1, -0.05) is 91.4 Å². The Morgan fingerprint density at radius 3 is 1.97 bits per heavy atom. The summed E-state index contributed by atoms with van der Waals surface area (Å²) < 4.78 is 38.8. The fourth-order valence-corrected chi connectivity index (χ4v) is 7.59. The van der Waals surface area contributed by atoms with Crippen molar-refractivity contribution in [2.24, 2.45) is 17.4 Å². The van der Waals surface area contributed by atoms with Crippen molar-refractivity contribution in [1.29, 1.82) is 0 Å². The summed E-state index contributed by atoms with van der Waals surface area (Å²) in [6, 6.07) is -3.86. The zero-order valence-corrected chi connectivity index (χ0v) is 38.7. The van der Waals surface area contributed by atoms with Crippen LogP contribution in [-0.4, -0.2) is 142 Å². The van der Waals surface area contributed by atoms with Crippen LogP contribution in [0.1, 0.15) is 137 Å². The lowest BCUT2D eigenvalue weighted by Crippen LogP contribution is -2.66. The van der Waals surface area contributed by atoms with E-state index in [-0.39, 0.29) is 45.1 Å². The molecular weight excluding hydrogens is 849 g/mol. The molecular formula is C41H76N5O16P. The Bertz CT molecular complexity index is 1440. The van der Waals surface area contributed by atoms with E-state index in [0.29, 0.717) is 6.42 Å². The lowest BCUT2D eigenvalue weighted by atomic mass is 9.96. The van der Waals surface area contributed by atoms with E-state index in [1.54, 1.807) is 13.8 Å². The zero-order valence-electron chi connectivity index (χ0n) is 37.8. The molecule has 0 aromatic heterocycles. The molecule has 0 aliphatic carbocycles. The predicted molar refractivity (Wildman–Crippen MR) is 229 cm³/mol. The van der Waals surface area contributed by atoms with Crippen molar-refractivity contribution in [2.45, 2.75) is 186 Å². The number of nitrogens with one attached hydrogen (secondary N) is 2. The molecule has 0 saturated carbocycles. The van der Waals surface area contributed by atoms with Crippen molar-refractivity contribution in [3.05, 3.63) is 0 Å². The summed E-state index contributed by atoms with van der Waals surface area (Å²) in [6.07, 6.45) is 4.82. The van der Waals surface area contributed by atoms with Gasteiger partial charge < -0.3 is 61.4 Å². The number of nitrogens with two attached hydrogens (primary N) is 2. The molecule has 4 amide bonds. The Labute approximate surface area is 371 Å². The number of hydrogen-bond acceptors (Lipinski definition) is 15. The molecule has 2 unspecified atom stereocenters. The second-order valence-electron chi connectivity index (χ2n) is 16.4. The maximum atomic E-state index is 13.4. The maximum absolute atomic E-state index is 13.4. The van der Waals surface area contributed by atoms with Gasteiger partial charge in [0.15, 0.2) is 6.29 Å². The molecule has 366 valence electrons. The average Bonchev–Trinajstić information content (AvgIpc) is 3.21. The van der Waals surface area contributed by atoms with Crippen LogP contribution >= 0.6 is 7.82 Å². The number of phosphoric ester groups is 1. The van der Waals surface area contributed by atoms with Crippen molar-refractivity contribution in [3.63, 3.8) is 0 Å². The molecule has 0 aromatic carbocycles. The van der Waals surface area contributed by atoms with Crippen LogP contribution in [0.2, 0.25) is 0 Å². The number of unbranched alkanes of at least 4 members (excludes halogenated alkanes) is 11. The van der Waals surface area contributed by atoms with Crippen molar-refractivity contribution in [2.75, 3.05) is 32.9 Å². The van der Waals surface area contributed by atoms with Crippen molar-refractivity contribution < 1.29 is 76.8 Å². The summed E-state index contributed by atoms with van der Waals surface area (Å²) in [5.74, 6) is -5.41. The fraction of sp³-hybridized carbons (Fsp3) is 0.854. The van der Waals surface area contributed by atoms with Crippen molar-refractivity contribution in [3.8, 4) is 0 Å². The minimum Gasteiger partial charge on any atom is -0.481 e. The van der Waals surface area contributed by atoms with Crippen LogP contribution in [0.3, 0.4) is 0 Å². The molecule has 1 aliphatic rings. The molecule has 1 aliphatic heterocycles. The van der Waals surface area contributed by atoms with Crippen LogP contribution in [0, 0.1) is 5.92 Å². The lowest BCUT2D eigenvalue weighted by Gasteiger charge is -2.44. The third kappa shape index (κ3) is 24.6. The number of carbonyl (C=O) groups is 6. The van der Waals surface area contributed by atoms with E-state index in [4.69, 9.17) is 34.7 Å². The first-order valence-electron chi connectivity index (χ1n) is 22.3. The van der Waals surface area contributed by atoms with Gasteiger partial charge in [-0.25, -0.2) is 4.57 Å². The van der Waals surface area contributed by atoms with Crippen LogP contribution in [-0.2, 0) is 56.6 Å². The van der Waals surface area contributed by atoms with Crippen LogP contribution in [0.4, 0.5) is 0 Å². The van der Waals surface area contributed by atoms with Crippen LogP contribution in [0.15, 0.2) is 0 Å². The fourth-order valence-electron chi connectivity index (χ4n) is 6.83. The van der Waals surface area contributed by atoms with E-state index in [9.17, 15) is 53.5 Å². The van der Waals surface area contributed by atoms with Gasteiger partial charge in [0.05, 0.1) is 31.8 Å². The number of ether oxygens (including phenoxy) is 3. The van der Waals surface area contributed by atoms with Crippen LogP contribution < -0.4 is 22.1 Å². The van der Waals surface area contributed by atoms with Crippen molar-refractivity contribution in [1.82, 2.24) is 15.5 Å². The third-order valence-electron chi connectivity index (χ3n) is 10.4. The summed E-state index contributed by atoms with van der Waals surface area (Å²) in [5, 5.41) is 36.3. The molecule has 1 saturated heterocycles. The maximum Gasteiger partial charge on any atom is 0.472 e. The second kappa shape index (κ2) is 31.6. The van der Waals surface area contributed by atoms with E-state index >= 15 is 0 Å². The minimum atomic E-state index is -4.31. The summed E-state index contributed by atoms with van der Waals surface area (Å²) in [7, 11) is -4.31. The zero-order chi connectivity index (χ0) is 47.5. The largest absolute Gasteiger partial charge is 0.481 e. The Morgan fingerprint density at radius 2 is 1.43 bits per heavy atom. The normalized spacial score (nSPS) is 21.1. The molecule has 0 radical (unpaired) electrons. The smallest absolute Gasteiger partial charge is 0.472 e. The summed E-state index contributed by atoms with van der Waals surface area (Å²) in [5.41, 5.74) is 11.7. The van der Waals surface area contributed by atoms with Gasteiger partial charge in [-0.3, -0.25) is 37.8 Å². The predicted octanol–water partition coefficient (Wildman–Crippen LogP) is 2.15. The average molecular weight is 926 g/mol. The number of nitrogens with zero attached hydrogens (tertiary/aromatic N) is 1. The number of primary amides is 1. The number of aliphatic carboxylic acids is 1. The van der Waals surface area contributed by atoms with Gasteiger partial charge in [-0.05, 0) is 25.7 Å². The molecule has 10 N–H and O–H groups in total. The molecule has 22 heteroatoms. The van der Waals surface area contributed by atoms with Crippen LogP contribution in [0.25, 0.3) is 0 Å². The number of amides is 4. The van der Waals surface area contributed by atoms with Gasteiger partial charge in [0.2, 0.25) is 23.6 Å². The first-order valence-corrected chi connectivity index (χ1v) is 23.8. The van der Waals surface area contributed by atoms with E-state index in [0.717, 1.165) is 31.1 Å². The first-order chi connectivity index (χ1) is 29.7. The SMILES string of the molecule is CCCCCCCCCCCCCCOP(=O)(O)OCCNC(=O)CCC(=O)OC[C@H]1O[C@H](O)[C@H](NC(C)=O)[C@@H](OC(C)CN(C(=O)[C@@H](N)C(C)C)[C@H](CCC(=O)O)C(N)=O)[C@@H]1O. The quantitative estimate of drug-likeness (QED) is 0.0256. The minimum absolute atomic E-state index is 0.0652. The van der Waals surface area contributed by atoms with Gasteiger partial charge in [-0.2, -0.15) is 0 Å². The highest BCUT2D eigenvalue weighted by Crippen LogP contribution is 2.43. The molecule has 0 aromatic rings. The topological polar surface area (TPSA) is 326 Å². The number of rotatable bonds is 35. The highest BCUT2D eigenvalue weighted by Gasteiger charge is 2.47. The standard InChI is InChI=1S/C41H76N5O16P/c1-6-7-8-9-10-11-12-13-14-15-16-17-23-59-63(56,57)60-24-22-44-32(48)19-21-34(51)58-26-31-37(52)38(36(41(55)62-31)45-29(5)47)61-28(4)25-46(40(54)35(42)27(2)3)30(39(43)53)18-20-33(49)50/h27-28,30-31,35-38,41,52,55H,6-26,42H2,1-5H3,(H2,43,53)(H,44,48)(H,45,47)(H,49,50)(H,56,57)/t28?,30-,31-,35+,36-,37-,38-,41+/m1/s1. The third-order valence-corrected chi connectivity index (χ3v) is 11.4. The molecule has 1 fully saturated rings. The summed E-state index contributed by atoms with van der Waals surface area (Å²) in [6.45, 7) is 6.76. The lowest BCUT2D eigenvalue weighted by molar-refractivity contribution is -0.269. The highest BCUT2D eigenvalue weighted by atomic mass is 31.2. The van der Waals surface area contributed by atoms with E-state index in [2.05, 4.69) is 17.6 Å². The molecule has 21 nitrogen and oxygen atoms in total. The number of hydrogen-bond donors (Lipinski definition) is 8. The summed E-state index contributed by atoms with van der Waals surface area (Å²) in [4.78, 5) is 85.1.